The number of sulfonamides is 1. The summed E-state index contributed by atoms with van der Waals surface area (Å²) in [6.45, 7) is 2.94. The molecule has 1 unspecified atom stereocenters. The summed E-state index contributed by atoms with van der Waals surface area (Å²) in [7, 11) is -4.20. The molecule has 0 aliphatic carbocycles. The molecule has 0 aliphatic heterocycles. The topological polar surface area (TPSA) is 125 Å². The number of carbonyl (C=O) groups is 2. The van der Waals surface area contributed by atoms with E-state index in [9.17, 15) is 22.4 Å². The number of aryl methyl sites for hydroxylation is 1. The van der Waals surface area contributed by atoms with E-state index < -0.39 is 33.8 Å². The third-order valence-electron chi connectivity index (χ3n) is 4.77. The van der Waals surface area contributed by atoms with Crippen LogP contribution in [0.1, 0.15) is 28.4 Å². The number of benzene rings is 3. The summed E-state index contributed by atoms with van der Waals surface area (Å²) in [5.41, 5.74) is 0.820. The second-order valence-corrected chi connectivity index (χ2v) is 8.97. The molecule has 10 heteroatoms. The number of para-hydroxylation sites is 1. The maximum atomic E-state index is 13.9. The van der Waals surface area contributed by atoms with Crippen LogP contribution in [-0.4, -0.2) is 26.4 Å². The Balaban J connectivity index is 1.75. The molecule has 0 heterocycles. The molecule has 174 valence electrons. The molecule has 1 amide bonds. The standard InChI is InChI=1S/C24H20FN3O5S/c1-15-10-11-19(34(31,32)28-22-9-4-3-8-21(22)25)13-20(15)24(30)33-16(2)23(29)27-18-7-5-6-17(12-18)14-26/h3-13,16,28H,1-2H3,(H,27,29). The van der Waals surface area contributed by atoms with Crippen molar-refractivity contribution < 1.29 is 27.1 Å². The van der Waals surface area contributed by atoms with Crippen LogP contribution in [0, 0.1) is 24.1 Å². The van der Waals surface area contributed by atoms with Crippen molar-refractivity contribution in [3.8, 4) is 6.07 Å². The zero-order valence-corrected chi connectivity index (χ0v) is 19.0. The fourth-order valence-electron chi connectivity index (χ4n) is 2.92. The Morgan fingerprint density at radius 2 is 1.79 bits per heavy atom. The van der Waals surface area contributed by atoms with Crippen molar-refractivity contribution in [1.29, 1.82) is 5.26 Å². The zero-order valence-electron chi connectivity index (χ0n) is 18.2. The lowest BCUT2D eigenvalue weighted by Crippen LogP contribution is -2.30. The van der Waals surface area contributed by atoms with Crippen molar-refractivity contribution in [2.24, 2.45) is 0 Å². The van der Waals surface area contributed by atoms with Gasteiger partial charge in [-0.15, -0.1) is 0 Å². The number of anilines is 2. The predicted molar refractivity (Wildman–Crippen MR) is 123 cm³/mol. The first-order valence-corrected chi connectivity index (χ1v) is 11.5. The Labute approximate surface area is 196 Å². The zero-order chi connectivity index (χ0) is 24.9. The summed E-state index contributed by atoms with van der Waals surface area (Å²) in [5, 5.41) is 11.5. The molecule has 3 aromatic carbocycles. The van der Waals surface area contributed by atoms with Gasteiger partial charge in [0.15, 0.2) is 6.10 Å². The lowest BCUT2D eigenvalue weighted by molar-refractivity contribution is -0.123. The number of ether oxygens (including phenoxy) is 1. The first kappa shape index (κ1) is 24.4. The molecule has 1 atom stereocenters. The summed E-state index contributed by atoms with van der Waals surface area (Å²) >= 11 is 0. The van der Waals surface area contributed by atoms with Gasteiger partial charge < -0.3 is 10.1 Å². The second-order valence-electron chi connectivity index (χ2n) is 7.29. The quantitative estimate of drug-likeness (QED) is 0.492. The lowest BCUT2D eigenvalue weighted by atomic mass is 10.1. The molecule has 0 aliphatic rings. The molecule has 0 spiro atoms. The van der Waals surface area contributed by atoms with Gasteiger partial charge in [0.05, 0.1) is 27.8 Å². The molecule has 0 bridgehead atoms. The minimum absolute atomic E-state index is 0.0671. The van der Waals surface area contributed by atoms with Gasteiger partial charge >= 0.3 is 5.97 Å². The van der Waals surface area contributed by atoms with Gasteiger partial charge in [0, 0.05) is 5.69 Å². The van der Waals surface area contributed by atoms with Crippen LogP contribution in [0.4, 0.5) is 15.8 Å². The van der Waals surface area contributed by atoms with Crippen molar-refractivity contribution in [3.05, 3.63) is 89.2 Å². The average molecular weight is 482 g/mol. The maximum Gasteiger partial charge on any atom is 0.339 e. The maximum absolute atomic E-state index is 13.9. The van der Waals surface area contributed by atoms with Gasteiger partial charge in [-0.3, -0.25) is 9.52 Å². The van der Waals surface area contributed by atoms with Crippen LogP contribution in [0.25, 0.3) is 0 Å². The highest BCUT2D eigenvalue weighted by Gasteiger charge is 2.23. The van der Waals surface area contributed by atoms with Crippen molar-refractivity contribution in [2.45, 2.75) is 24.8 Å². The number of rotatable bonds is 7. The van der Waals surface area contributed by atoms with E-state index in [-0.39, 0.29) is 16.1 Å². The van der Waals surface area contributed by atoms with E-state index in [1.165, 1.54) is 43.3 Å². The Hall–Kier alpha value is -4.23. The van der Waals surface area contributed by atoms with E-state index in [0.29, 0.717) is 16.8 Å². The van der Waals surface area contributed by atoms with Gasteiger partial charge in [0.2, 0.25) is 0 Å². The highest BCUT2D eigenvalue weighted by atomic mass is 32.2. The first-order valence-electron chi connectivity index (χ1n) is 10.0. The van der Waals surface area contributed by atoms with Gasteiger partial charge in [-0.2, -0.15) is 5.26 Å². The molecule has 0 saturated heterocycles. The second kappa shape index (κ2) is 10.1. The number of hydrogen-bond acceptors (Lipinski definition) is 6. The fraction of sp³-hybridized carbons (Fsp3) is 0.125. The van der Waals surface area contributed by atoms with Crippen LogP contribution in [0.3, 0.4) is 0 Å². The number of nitriles is 1. The highest BCUT2D eigenvalue weighted by Crippen LogP contribution is 2.22. The first-order chi connectivity index (χ1) is 16.1. The number of nitrogens with zero attached hydrogens (tertiary/aromatic N) is 1. The molecular formula is C24H20FN3O5S. The average Bonchev–Trinajstić information content (AvgIpc) is 2.80. The van der Waals surface area contributed by atoms with Crippen molar-refractivity contribution in [1.82, 2.24) is 0 Å². The Kier molecular flexibility index (Phi) is 7.28. The fourth-order valence-corrected chi connectivity index (χ4v) is 4.02. The molecule has 0 aromatic heterocycles. The van der Waals surface area contributed by atoms with E-state index in [1.807, 2.05) is 6.07 Å². The normalized spacial score (nSPS) is 11.7. The van der Waals surface area contributed by atoms with Gasteiger partial charge in [-0.25, -0.2) is 17.6 Å². The minimum Gasteiger partial charge on any atom is -0.449 e. The van der Waals surface area contributed by atoms with E-state index in [4.69, 9.17) is 10.00 Å². The molecule has 3 aromatic rings. The van der Waals surface area contributed by atoms with E-state index in [1.54, 1.807) is 25.1 Å². The Bertz CT molecular complexity index is 1400. The number of halogens is 1. The SMILES string of the molecule is Cc1ccc(S(=O)(=O)Nc2ccccc2F)cc1C(=O)OC(C)C(=O)Nc1cccc(C#N)c1. The van der Waals surface area contributed by atoms with Gasteiger partial charge in [0.1, 0.15) is 5.82 Å². The summed E-state index contributed by atoms with van der Waals surface area (Å²) in [5.74, 6) is -2.29. The van der Waals surface area contributed by atoms with Gasteiger partial charge in [0.25, 0.3) is 15.9 Å². The Morgan fingerprint density at radius 1 is 1.06 bits per heavy atom. The van der Waals surface area contributed by atoms with Crippen LogP contribution in [0.5, 0.6) is 0 Å². The number of nitrogens with one attached hydrogen (secondary N) is 2. The molecule has 0 radical (unpaired) electrons. The monoisotopic (exact) mass is 481 g/mol. The van der Waals surface area contributed by atoms with Crippen molar-refractivity contribution in [3.63, 3.8) is 0 Å². The van der Waals surface area contributed by atoms with E-state index in [0.717, 1.165) is 12.1 Å². The summed E-state index contributed by atoms with van der Waals surface area (Å²) in [6, 6.07) is 17.2. The number of hydrogen-bond donors (Lipinski definition) is 2. The van der Waals surface area contributed by atoms with Crippen LogP contribution in [0.15, 0.2) is 71.6 Å². The number of esters is 1. The smallest absolute Gasteiger partial charge is 0.339 e. The molecular weight excluding hydrogens is 461 g/mol. The largest absolute Gasteiger partial charge is 0.449 e. The minimum atomic E-state index is -4.20. The number of carbonyl (C=O) groups excluding carboxylic acids is 2. The summed E-state index contributed by atoms with van der Waals surface area (Å²) in [4.78, 5) is 24.8. The molecule has 0 saturated carbocycles. The molecule has 3 rings (SSSR count). The van der Waals surface area contributed by atoms with Crippen LogP contribution < -0.4 is 10.0 Å². The van der Waals surface area contributed by atoms with Crippen molar-refractivity contribution in [2.75, 3.05) is 10.0 Å². The lowest BCUT2D eigenvalue weighted by Gasteiger charge is -2.15. The van der Waals surface area contributed by atoms with E-state index >= 15 is 0 Å². The van der Waals surface area contributed by atoms with Gasteiger partial charge in [-0.1, -0.05) is 24.3 Å². The highest BCUT2D eigenvalue weighted by molar-refractivity contribution is 7.92. The van der Waals surface area contributed by atoms with Crippen LogP contribution in [-0.2, 0) is 19.6 Å². The molecule has 34 heavy (non-hydrogen) atoms. The molecule has 0 fully saturated rings. The summed E-state index contributed by atoms with van der Waals surface area (Å²) in [6.07, 6.45) is -1.21. The van der Waals surface area contributed by atoms with Crippen molar-refractivity contribution >= 4 is 33.3 Å². The molecule has 8 nitrogen and oxygen atoms in total. The van der Waals surface area contributed by atoms with E-state index in [2.05, 4.69) is 10.0 Å². The number of amides is 1. The van der Waals surface area contributed by atoms with Crippen LogP contribution in [0.2, 0.25) is 0 Å². The Morgan fingerprint density at radius 3 is 2.50 bits per heavy atom. The van der Waals surface area contributed by atoms with Crippen LogP contribution >= 0.6 is 0 Å². The molecule has 2 N–H and O–H groups in total. The summed E-state index contributed by atoms with van der Waals surface area (Å²) < 4.78 is 46.7. The van der Waals surface area contributed by atoms with Gasteiger partial charge in [-0.05, 0) is 61.9 Å². The predicted octanol–water partition coefficient (Wildman–Crippen LogP) is 3.99. The third-order valence-corrected chi connectivity index (χ3v) is 6.13. The third kappa shape index (κ3) is 5.76.